The van der Waals surface area contributed by atoms with Crippen LogP contribution in [-0.4, -0.2) is 26.1 Å². The molecule has 0 unspecified atom stereocenters. The third-order valence-electron chi connectivity index (χ3n) is 4.83. The number of fused-ring (bicyclic) bond motifs is 1. The van der Waals surface area contributed by atoms with Crippen LogP contribution in [0.3, 0.4) is 0 Å². The Balaban J connectivity index is 1.38. The molecule has 0 saturated heterocycles. The van der Waals surface area contributed by atoms with E-state index in [1.165, 1.54) is 55.7 Å². The molecule has 0 saturated carbocycles. The Kier molecular flexibility index (Phi) is 11.3. The first kappa shape index (κ1) is 21.4. The first-order valence-electron chi connectivity index (χ1n) is 10.5. The minimum absolute atomic E-state index is 0.600. The molecule has 2 aromatic carbocycles. The minimum Gasteiger partial charge on any atom is -0.491 e. The van der Waals surface area contributed by atoms with Crippen LogP contribution in [0.1, 0.15) is 64.2 Å². The normalized spacial score (nSPS) is 11.0. The van der Waals surface area contributed by atoms with Crippen LogP contribution >= 0.6 is 0 Å². The predicted octanol–water partition coefficient (Wildman–Crippen LogP) is 6.34. The summed E-state index contributed by atoms with van der Waals surface area (Å²) in [6.45, 7) is 2.07. The average molecular weight is 371 g/mol. The van der Waals surface area contributed by atoms with Crippen molar-refractivity contribution >= 4 is 17.1 Å². The van der Waals surface area contributed by atoms with Crippen LogP contribution in [0.4, 0.5) is 0 Å². The highest BCUT2D eigenvalue weighted by Gasteiger charge is 1.98. The SMILES string of the molecule is O=CCCCCCCCCCCCOCCOc1ccc2ccccc2c1. The van der Waals surface area contributed by atoms with Crippen LogP contribution in [-0.2, 0) is 9.53 Å². The van der Waals surface area contributed by atoms with Gasteiger partial charge in [-0.3, -0.25) is 0 Å². The third kappa shape index (κ3) is 9.58. The number of benzene rings is 2. The van der Waals surface area contributed by atoms with E-state index >= 15 is 0 Å². The number of hydrogen-bond donors (Lipinski definition) is 0. The van der Waals surface area contributed by atoms with Gasteiger partial charge in [-0.05, 0) is 35.7 Å². The van der Waals surface area contributed by atoms with Crippen molar-refractivity contribution in [3.8, 4) is 5.75 Å². The molecule has 3 heteroatoms. The molecule has 0 heterocycles. The fourth-order valence-electron chi connectivity index (χ4n) is 3.25. The lowest BCUT2D eigenvalue weighted by molar-refractivity contribution is -0.107. The Labute approximate surface area is 164 Å². The van der Waals surface area contributed by atoms with Crippen molar-refractivity contribution in [1.29, 1.82) is 0 Å². The maximum absolute atomic E-state index is 10.2. The van der Waals surface area contributed by atoms with Gasteiger partial charge in [-0.25, -0.2) is 0 Å². The van der Waals surface area contributed by atoms with E-state index in [1.54, 1.807) is 0 Å². The van der Waals surface area contributed by atoms with E-state index in [-0.39, 0.29) is 0 Å². The summed E-state index contributed by atoms with van der Waals surface area (Å²) in [7, 11) is 0. The number of carbonyl (C=O) groups excluding carboxylic acids is 1. The molecule has 2 rings (SSSR count). The Hall–Kier alpha value is -1.87. The van der Waals surface area contributed by atoms with Crippen molar-refractivity contribution < 1.29 is 14.3 Å². The molecule has 27 heavy (non-hydrogen) atoms. The van der Waals surface area contributed by atoms with Gasteiger partial charge in [-0.1, -0.05) is 75.3 Å². The van der Waals surface area contributed by atoms with E-state index < -0.39 is 0 Å². The molecule has 3 nitrogen and oxygen atoms in total. The van der Waals surface area contributed by atoms with Crippen LogP contribution in [0.25, 0.3) is 10.8 Å². The van der Waals surface area contributed by atoms with Gasteiger partial charge in [-0.2, -0.15) is 0 Å². The van der Waals surface area contributed by atoms with Gasteiger partial charge in [0.05, 0.1) is 6.61 Å². The Morgan fingerprint density at radius 3 is 2.07 bits per heavy atom. The van der Waals surface area contributed by atoms with Gasteiger partial charge >= 0.3 is 0 Å². The monoisotopic (exact) mass is 370 g/mol. The number of unbranched alkanes of at least 4 members (excludes halogenated alkanes) is 9. The summed E-state index contributed by atoms with van der Waals surface area (Å²) in [5, 5.41) is 2.44. The summed E-state index contributed by atoms with van der Waals surface area (Å²) in [5.41, 5.74) is 0. The van der Waals surface area contributed by atoms with Gasteiger partial charge in [0.15, 0.2) is 0 Å². The molecule has 0 N–H and O–H groups in total. The molecule has 0 aliphatic carbocycles. The van der Waals surface area contributed by atoms with Gasteiger partial charge in [0.25, 0.3) is 0 Å². The molecule has 0 radical (unpaired) electrons. The van der Waals surface area contributed by atoms with Gasteiger partial charge < -0.3 is 14.3 Å². The predicted molar refractivity (Wildman–Crippen MR) is 112 cm³/mol. The van der Waals surface area contributed by atoms with Crippen LogP contribution in [0.15, 0.2) is 42.5 Å². The zero-order valence-corrected chi connectivity index (χ0v) is 16.5. The van der Waals surface area contributed by atoms with Crippen LogP contribution in [0, 0.1) is 0 Å². The summed E-state index contributed by atoms with van der Waals surface area (Å²) >= 11 is 0. The van der Waals surface area contributed by atoms with E-state index in [1.807, 2.05) is 12.1 Å². The molecule has 148 valence electrons. The summed E-state index contributed by atoms with van der Waals surface area (Å²) in [6.07, 6.45) is 12.9. The summed E-state index contributed by atoms with van der Waals surface area (Å²) < 4.78 is 11.4. The number of ether oxygens (including phenoxy) is 2. The van der Waals surface area contributed by atoms with E-state index in [9.17, 15) is 4.79 Å². The van der Waals surface area contributed by atoms with Crippen molar-refractivity contribution in [3.63, 3.8) is 0 Å². The van der Waals surface area contributed by atoms with E-state index in [4.69, 9.17) is 9.47 Å². The molecule has 0 aliphatic rings. The Morgan fingerprint density at radius 1 is 0.667 bits per heavy atom. The van der Waals surface area contributed by atoms with Crippen LogP contribution < -0.4 is 4.74 Å². The minimum atomic E-state index is 0.600. The number of aldehydes is 1. The molecule has 0 spiro atoms. The van der Waals surface area contributed by atoms with Crippen molar-refractivity contribution in [2.24, 2.45) is 0 Å². The molecule has 2 aromatic rings. The van der Waals surface area contributed by atoms with Gasteiger partial charge in [0.1, 0.15) is 18.6 Å². The maximum atomic E-state index is 10.2. The second-order valence-corrected chi connectivity index (χ2v) is 7.11. The van der Waals surface area contributed by atoms with Crippen molar-refractivity contribution in [2.45, 2.75) is 64.2 Å². The molecule has 0 fully saturated rings. The highest BCUT2D eigenvalue weighted by Crippen LogP contribution is 2.20. The maximum Gasteiger partial charge on any atom is 0.120 e. The standard InChI is InChI=1S/C24H34O3/c25-17-11-7-5-3-1-2-4-6-8-12-18-26-19-20-27-24-16-15-22-13-9-10-14-23(22)21-24/h9-10,13-17,21H,1-8,11-12,18-20H2. The molecule has 0 atom stereocenters. The fourth-order valence-corrected chi connectivity index (χ4v) is 3.25. The molecule has 0 aliphatic heterocycles. The smallest absolute Gasteiger partial charge is 0.120 e. The lowest BCUT2D eigenvalue weighted by Crippen LogP contribution is -2.07. The topological polar surface area (TPSA) is 35.5 Å². The average Bonchev–Trinajstić information content (AvgIpc) is 2.71. The van der Waals surface area contributed by atoms with E-state index in [0.717, 1.165) is 37.9 Å². The molecule has 0 bridgehead atoms. The largest absolute Gasteiger partial charge is 0.491 e. The molecular formula is C24H34O3. The number of carbonyl (C=O) groups is 1. The van der Waals surface area contributed by atoms with Crippen LogP contribution in [0.5, 0.6) is 5.75 Å². The summed E-state index contributed by atoms with van der Waals surface area (Å²) in [5.74, 6) is 0.906. The molecule has 0 amide bonds. The lowest BCUT2D eigenvalue weighted by Gasteiger charge is -2.08. The zero-order valence-electron chi connectivity index (χ0n) is 16.5. The van der Waals surface area contributed by atoms with Gasteiger partial charge in [0.2, 0.25) is 0 Å². The number of hydrogen-bond acceptors (Lipinski definition) is 3. The summed E-state index contributed by atoms with van der Waals surface area (Å²) in [4.78, 5) is 10.2. The van der Waals surface area contributed by atoms with Gasteiger partial charge in [-0.15, -0.1) is 0 Å². The lowest BCUT2D eigenvalue weighted by atomic mass is 10.1. The van der Waals surface area contributed by atoms with E-state index in [2.05, 4.69) is 30.3 Å². The first-order chi connectivity index (χ1) is 13.4. The van der Waals surface area contributed by atoms with Crippen molar-refractivity contribution in [3.05, 3.63) is 42.5 Å². The second-order valence-electron chi connectivity index (χ2n) is 7.11. The summed E-state index contributed by atoms with van der Waals surface area (Å²) in [6, 6.07) is 14.5. The highest BCUT2D eigenvalue weighted by molar-refractivity contribution is 5.83. The molecule has 0 aromatic heterocycles. The highest BCUT2D eigenvalue weighted by atomic mass is 16.5. The Bertz CT molecular complexity index is 638. The fraction of sp³-hybridized carbons (Fsp3) is 0.542. The van der Waals surface area contributed by atoms with Crippen LogP contribution in [0.2, 0.25) is 0 Å². The third-order valence-corrected chi connectivity index (χ3v) is 4.83. The van der Waals surface area contributed by atoms with Gasteiger partial charge in [0, 0.05) is 13.0 Å². The number of rotatable bonds is 16. The second kappa shape index (κ2) is 14.2. The molecular weight excluding hydrogens is 336 g/mol. The first-order valence-corrected chi connectivity index (χ1v) is 10.5. The van der Waals surface area contributed by atoms with E-state index in [0.29, 0.717) is 13.2 Å². The van der Waals surface area contributed by atoms with Crippen molar-refractivity contribution in [2.75, 3.05) is 19.8 Å². The quantitative estimate of drug-likeness (QED) is 0.256. The Morgan fingerprint density at radius 2 is 1.33 bits per heavy atom. The van der Waals surface area contributed by atoms with Crippen molar-refractivity contribution in [1.82, 2.24) is 0 Å². The zero-order chi connectivity index (χ0) is 19.0.